The van der Waals surface area contributed by atoms with E-state index in [2.05, 4.69) is 4.74 Å². The molecule has 96 valence electrons. The van der Waals surface area contributed by atoms with E-state index in [1.807, 2.05) is 0 Å². The van der Waals surface area contributed by atoms with Crippen LogP contribution < -0.4 is 0 Å². The van der Waals surface area contributed by atoms with E-state index in [-0.39, 0.29) is 25.9 Å². The third-order valence-corrected chi connectivity index (χ3v) is 3.59. The first-order chi connectivity index (χ1) is 7.81. The summed E-state index contributed by atoms with van der Waals surface area (Å²) in [5.74, 6) is -4.29. The van der Waals surface area contributed by atoms with Crippen LogP contribution in [0.15, 0.2) is 0 Å². The Kier molecular flexibility index (Phi) is 2.52. The first-order valence-corrected chi connectivity index (χ1v) is 5.25. The van der Waals surface area contributed by atoms with Gasteiger partial charge in [0.25, 0.3) is 5.92 Å². The number of hydrogen-bond donors (Lipinski definition) is 1. The van der Waals surface area contributed by atoms with Crippen LogP contribution in [0.2, 0.25) is 0 Å². The normalized spacial score (nSPS) is 34.5. The van der Waals surface area contributed by atoms with E-state index in [0.717, 1.165) is 4.90 Å². The zero-order chi connectivity index (χ0) is 12.8. The Morgan fingerprint density at radius 2 is 2.06 bits per heavy atom. The molecule has 0 aromatic heterocycles. The summed E-state index contributed by atoms with van der Waals surface area (Å²) < 4.78 is 31.1. The number of methoxy groups -OCH3 is 1. The number of nitrogens with zero attached hydrogens (tertiary/aromatic N) is 1. The van der Waals surface area contributed by atoms with Crippen LogP contribution in [-0.2, 0) is 9.53 Å². The van der Waals surface area contributed by atoms with Gasteiger partial charge in [-0.1, -0.05) is 0 Å². The quantitative estimate of drug-likeness (QED) is 0.709. The lowest BCUT2D eigenvalue weighted by Crippen LogP contribution is -2.48. The molecular weight excluding hydrogens is 236 g/mol. The molecule has 2 rings (SSSR count). The molecule has 1 saturated carbocycles. The molecule has 2 unspecified atom stereocenters. The molecule has 0 radical (unpaired) electrons. The largest absolute Gasteiger partial charge is 0.469 e. The molecule has 17 heavy (non-hydrogen) atoms. The highest BCUT2D eigenvalue weighted by atomic mass is 19.3. The van der Waals surface area contributed by atoms with E-state index < -0.39 is 29.3 Å². The average Bonchev–Trinajstić information content (AvgIpc) is 2.76. The SMILES string of the molecule is COC(=O)C1CN(C(=O)O)CC2(C1)CC2(F)F. The van der Waals surface area contributed by atoms with Crippen LogP contribution in [0, 0.1) is 11.3 Å². The van der Waals surface area contributed by atoms with Crippen LogP contribution in [0.3, 0.4) is 0 Å². The predicted molar refractivity (Wildman–Crippen MR) is 51.7 cm³/mol. The van der Waals surface area contributed by atoms with Crippen molar-refractivity contribution in [3.63, 3.8) is 0 Å². The number of esters is 1. The lowest BCUT2D eigenvalue weighted by Gasteiger charge is -2.35. The summed E-state index contributed by atoms with van der Waals surface area (Å²) in [6, 6.07) is 0. The van der Waals surface area contributed by atoms with Gasteiger partial charge in [0.15, 0.2) is 0 Å². The topological polar surface area (TPSA) is 66.8 Å². The number of ether oxygens (including phenoxy) is 1. The van der Waals surface area contributed by atoms with Crippen LogP contribution in [-0.4, -0.2) is 48.2 Å². The number of carboxylic acid groups (broad SMARTS) is 1. The van der Waals surface area contributed by atoms with Gasteiger partial charge in [0.1, 0.15) is 0 Å². The summed E-state index contributed by atoms with van der Waals surface area (Å²) in [6.45, 7) is -0.275. The average molecular weight is 249 g/mol. The number of hydrogen-bond acceptors (Lipinski definition) is 3. The van der Waals surface area contributed by atoms with Crippen LogP contribution in [0.1, 0.15) is 12.8 Å². The molecule has 2 atom stereocenters. The van der Waals surface area contributed by atoms with Crippen LogP contribution in [0.4, 0.5) is 13.6 Å². The fourth-order valence-corrected chi connectivity index (χ4v) is 2.54. The molecule has 0 aromatic carbocycles. The van der Waals surface area contributed by atoms with E-state index >= 15 is 0 Å². The van der Waals surface area contributed by atoms with Crippen molar-refractivity contribution in [1.29, 1.82) is 0 Å². The number of amides is 1. The molecule has 1 aliphatic heterocycles. The highest BCUT2D eigenvalue weighted by Gasteiger charge is 2.73. The minimum atomic E-state index is -2.87. The molecule has 2 fully saturated rings. The van der Waals surface area contributed by atoms with Gasteiger partial charge in [-0.3, -0.25) is 4.79 Å². The van der Waals surface area contributed by atoms with Crippen LogP contribution >= 0.6 is 0 Å². The molecule has 1 saturated heterocycles. The van der Waals surface area contributed by atoms with E-state index in [0.29, 0.717) is 0 Å². The van der Waals surface area contributed by atoms with Crippen molar-refractivity contribution < 1.29 is 28.2 Å². The van der Waals surface area contributed by atoms with Crippen molar-refractivity contribution in [3.05, 3.63) is 0 Å². The standard InChI is InChI=1S/C10H13F2NO4/c1-17-7(14)6-2-9(4-10(9,11)12)5-13(3-6)8(15)16/h6H,2-5H2,1H3,(H,15,16). The molecule has 0 bridgehead atoms. The highest BCUT2D eigenvalue weighted by molar-refractivity contribution is 5.74. The predicted octanol–water partition coefficient (Wildman–Crippen LogP) is 1.18. The first kappa shape index (κ1) is 12.1. The Morgan fingerprint density at radius 1 is 1.47 bits per heavy atom. The lowest BCUT2D eigenvalue weighted by atomic mass is 9.86. The van der Waals surface area contributed by atoms with Crippen LogP contribution in [0.25, 0.3) is 0 Å². The monoisotopic (exact) mass is 249 g/mol. The van der Waals surface area contributed by atoms with Gasteiger partial charge in [0, 0.05) is 19.5 Å². The number of carbonyl (C=O) groups excluding carboxylic acids is 1. The van der Waals surface area contributed by atoms with Crippen LogP contribution in [0.5, 0.6) is 0 Å². The number of piperidine rings is 1. The highest BCUT2D eigenvalue weighted by Crippen LogP contribution is 2.65. The third kappa shape index (κ3) is 1.83. The van der Waals surface area contributed by atoms with E-state index in [1.165, 1.54) is 7.11 Å². The maximum atomic E-state index is 13.3. The molecule has 0 aromatic rings. The van der Waals surface area contributed by atoms with E-state index in [1.54, 1.807) is 0 Å². The smallest absolute Gasteiger partial charge is 0.407 e. The van der Waals surface area contributed by atoms with Gasteiger partial charge in [0.2, 0.25) is 0 Å². The molecule has 1 aliphatic carbocycles. The van der Waals surface area contributed by atoms with Crippen molar-refractivity contribution in [2.24, 2.45) is 11.3 Å². The fourth-order valence-electron chi connectivity index (χ4n) is 2.54. The van der Waals surface area contributed by atoms with E-state index in [9.17, 15) is 18.4 Å². The second-order valence-electron chi connectivity index (χ2n) is 4.75. The number of carbonyl (C=O) groups is 2. The molecule has 2 aliphatic rings. The van der Waals surface area contributed by atoms with Gasteiger partial charge in [-0.25, -0.2) is 13.6 Å². The summed E-state index contributed by atoms with van der Waals surface area (Å²) in [4.78, 5) is 23.1. The third-order valence-electron chi connectivity index (χ3n) is 3.59. The van der Waals surface area contributed by atoms with Gasteiger partial charge < -0.3 is 14.7 Å². The summed E-state index contributed by atoms with van der Waals surface area (Å²) in [6.07, 6.45) is -1.63. The molecule has 7 heteroatoms. The van der Waals surface area contributed by atoms with Gasteiger partial charge in [-0.2, -0.15) is 0 Å². The maximum absolute atomic E-state index is 13.3. The Hall–Kier alpha value is -1.40. The number of alkyl halides is 2. The maximum Gasteiger partial charge on any atom is 0.407 e. The minimum Gasteiger partial charge on any atom is -0.469 e. The van der Waals surface area contributed by atoms with Gasteiger partial charge in [-0.15, -0.1) is 0 Å². The Bertz CT molecular complexity index is 373. The van der Waals surface area contributed by atoms with Gasteiger partial charge in [0.05, 0.1) is 18.4 Å². The zero-order valence-electron chi connectivity index (χ0n) is 9.28. The minimum absolute atomic E-state index is 0.00352. The Morgan fingerprint density at radius 3 is 2.47 bits per heavy atom. The van der Waals surface area contributed by atoms with Crippen molar-refractivity contribution >= 4 is 12.1 Å². The fraction of sp³-hybridized carbons (Fsp3) is 0.800. The summed E-state index contributed by atoms with van der Waals surface area (Å²) >= 11 is 0. The number of halogens is 2. The van der Waals surface area contributed by atoms with Crippen molar-refractivity contribution in [2.75, 3.05) is 20.2 Å². The first-order valence-electron chi connectivity index (χ1n) is 5.25. The Balaban J connectivity index is 2.17. The van der Waals surface area contributed by atoms with Gasteiger partial charge >= 0.3 is 12.1 Å². The van der Waals surface area contributed by atoms with E-state index in [4.69, 9.17) is 5.11 Å². The Labute approximate surface area is 96.3 Å². The number of rotatable bonds is 1. The molecule has 1 N–H and O–H groups in total. The molecule has 1 spiro atoms. The molecular formula is C10H13F2NO4. The molecule has 1 amide bonds. The second kappa shape index (κ2) is 3.54. The molecule has 5 nitrogen and oxygen atoms in total. The van der Waals surface area contributed by atoms with Crippen molar-refractivity contribution in [1.82, 2.24) is 4.90 Å². The summed E-state index contributed by atoms with van der Waals surface area (Å²) in [5.41, 5.74) is -1.36. The number of likely N-dealkylation sites (tertiary alicyclic amines) is 1. The zero-order valence-corrected chi connectivity index (χ0v) is 9.28. The summed E-state index contributed by atoms with van der Waals surface area (Å²) in [7, 11) is 1.17. The lowest BCUT2D eigenvalue weighted by molar-refractivity contribution is -0.148. The van der Waals surface area contributed by atoms with Crippen molar-refractivity contribution in [2.45, 2.75) is 18.8 Å². The second-order valence-corrected chi connectivity index (χ2v) is 4.75. The van der Waals surface area contributed by atoms with Gasteiger partial charge in [-0.05, 0) is 6.42 Å². The van der Waals surface area contributed by atoms with Crippen molar-refractivity contribution in [3.8, 4) is 0 Å². The summed E-state index contributed by atoms with van der Waals surface area (Å²) in [5, 5.41) is 8.87. The molecule has 1 heterocycles.